The summed E-state index contributed by atoms with van der Waals surface area (Å²) in [5, 5.41) is -0.275. The van der Waals surface area contributed by atoms with Gasteiger partial charge in [-0.15, -0.1) is 0 Å². The minimum Gasteiger partial charge on any atom is -0.329 e. The third-order valence-corrected chi connectivity index (χ3v) is 6.61. The predicted molar refractivity (Wildman–Crippen MR) is 74.2 cm³/mol. The summed E-state index contributed by atoms with van der Waals surface area (Å²) in [6.45, 7) is 5.90. The molecule has 2 fully saturated rings. The highest BCUT2D eigenvalue weighted by molar-refractivity contribution is 7.91. The van der Waals surface area contributed by atoms with Gasteiger partial charge in [0.25, 0.3) is 0 Å². The molecule has 0 aromatic rings. The Bertz CT molecular complexity index is 409. The molecule has 106 valence electrons. The van der Waals surface area contributed by atoms with Gasteiger partial charge in [-0.3, -0.25) is 4.90 Å². The molecule has 1 saturated heterocycles. The minimum absolute atomic E-state index is 0.275. The molecule has 4 atom stereocenters. The summed E-state index contributed by atoms with van der Waals surface area (Å²) >= 11 is 0. The Morgan fingerprint density at radius 1 is 1.39 bits per heavy atom. The number of nitrogens with two attached hydrogens (primary N) is 1. The van der Waals surface area contributed by atoms with Gasteiger partial charge < -0.3 is 5.73 Å². The van der Waals surface area contributed by atoms with Gasteiger partial charge in [-0.05, 0) is 32.1 Å². The first kappa shape index (κ1) is 14.3. The van der Waals surface area contributed by atoms with E-state index in [1.54, 1.807) is 0 Å². The van der Waals surface area contributed by atoms with Crippen molar-refractivity contribution in [3.8, 4) is 0 Å². The van der Waals surface area contributed by atoms with Crippen LogP contribution in [0.4, 0.5) is 0 Å². The molecular weight excluding hydrogens is 248 g/mol. The van der Waals surface area contributed by atoms with E-state index in [1.807, 2.05) is 0 Å². The number of nitrogens with zero attached hydrogens (tertiary/aromatic N) is 1. The Morgan fingerprint density at radius 3 is 2.50 bits per heavy atom. The Kier molecular flexibility index (Phi) is 3.78. The lowest BCUT2D eigenvalue weighted by molar-refractivity contribution is 0.0925. The molecule has 2 aliphatic rings. The SMILES string of the molecule is CC1CC(C)N(C2(CN)CCCC2S(C)(=O)=O)C1. The summed E-state index contributed by atoms with van der Waals surface area (Å²) in [5.41, 5.74) is 5.73. The highest BCUT2D eigenvalue weighted by Crippen LogP contribution is 2.43. The second kappa shape index (κ2) is 4.76. The van der Waals surface area contributed by atoms with Crippen molar-refractivity contribution >= 4 is 9.84 Å². The van der Waals surface area contributed by atoms with E-state index in [9.17, 15) is 8.42 Å². The zero-order chi connectivity index (χ0) is 13.6. The van der Waals surface area contributed by atoms with Gasteiger partial charge in [0.1, 0.15) is 0 Å². The fourth-order valence-corrected chi connectivity index (χ4v) is 5.98. The van der Waals surface area contributed by atoms with Crippen LogP contribution in [-0.2, 0) is 9.84 Å². The molecule has 0 amide bonds. The van der Waals surface area contributed by atoms with Crippen molar-refractivity contribution in [1.29, 1.82) is 0 Å². The molecule has 1 heterocycles. The maximum absolute atomic E-state index is 12.1. The van der Waals surface area contributed by atoms with Gasteiger partial charge in [0, 0.05) is 25.4 Å². The lowest BCUT2D eigenvalue weighted by Crippen LogP contribution is -2.61. The van der Waals surface area contributed by atoms with E-state index in [4.69, 9.17) is 5.73 Å². The zero-order valence-corrected chi connectivity index (χ0v) is 12.5. The van der Waals surface area contributed by atoms with Crippen LogP contribution in [0.3, 0.4) is 0 Å². The van der Waals surface area contributed by atoms with Crippen molar-refractivity contribution in [2.75, 3.05) is 19.3 Å². The Morgan fingerprint density at radius 2 is 2.06 bits per heavy atom. The summed E-state index contributed by atoms with van der Waals surface area (Å²) < 4.78 is 24.1. The molecule has 2 rings (SSSR count). The first-order valence-electron chi connectivity index (χ1n) is 6.97. The second-order valence-corrected chi connectivity index (χ2v) is 8.59. The van der Waals surface area contributed by atoms with Crippen LogP contribution in [0.25, 0.3) is 0 Å². The molecule has 4 nitrogen and oxygen atoms in total. The second-order valence-electron chi connectivity index (χ2n) is 6.36. The van der Waals surface area contributed by atoms with Crippen LogP contribution in [0, 0.1) is 5.92 Å². The molecule has 5 heteroatoms. The summed E-state index contributed by atoms with van der Waals surface area (Å²) in [4.78, 5) is 2.40. The quantitative estimate of drug-likeness (QED) is 0.834. The first-order chi connectivity index (χ1) is 8.31. The maximum Gasteiger partial charge on any atom is 0.152 e. The van der Waals surface area contributed by atoms with Crippen molar-refractivity contribution in [1.82, 2.24) is 4.90 Å². The van der Waals surface area contributed by atoms with Crippen molar-refractivity contribution < 1.29 is 8.42 Å². The minimum atomic E-state index is -3.02. The molecule has 1 aliphatic heterocycles. The van der Waals surface area contributed by atoms with Gasteiger partial charge in [0.2, 0.25) is 0 Å². The number of likely N-dealkylation sites (tertiary alicyclic amines) is 1. The van der Waals surface area contributed by atoms with Crippen molar-refractivity contribution in [2.45, 2.75) is 56.4 Å². The van der Waals surface area contributed by atoms with Crippen molar-refractivity contribution in [3.63, 3.8) is 0 Å². The van der Waals surface area contributed by atoms with Gasteiger partial charge >= 0.3 is 0 Å². The number of sulfone groups is 1. The van der Waals surface area contributed by atoms with Gasteiger partial charge in [-0.2, -0.15) is 0 Å². The summed E-state index contributed by atoms with van der Waals surface area (Å²) in [7, 11) is -3.02. The van der Waals surface area contributed by atoms with Gasteiger partial charge in [0.05, 0.1) is 10.8 Å². The Hall–Kier alpha value is -0.130. The lowest BCUT2D eigenvalue weighted by atomic mass is 9.94. The normalized spacial score (nSPS) is 42.6. The Labute approximate surface area is 111 Å². The molecule has 0 radical (unpaired) electrons. The monoisotopic (exact) mass is 274 g/mol. The topological polar surface area (TPSA) is 63.4 Å². The molecular formula is C13H26N2O2S. The molecule has 1 saturated carbocycles. The molecule has 2 N–H and O–H groups in total. The molecule has 1 aliphatic carbocycles. The zero-order valence-electron chi connectivity index (χ0n) is 11.7. The van der Waals surface area contributed by atoms with E-state index >= 15 is 0 Å². The van der Waals surface area contributed by atoms with Crippen LogP contribution < -0.4 is 5.73 Å². The van der Waals surface area contributed by atoms with E-state index in [0.29, 0.717) is 18.5 Å². The Balaban J connectivity index is 2.35. The molecule has 0 aromatic heterocycles. The van der Waals surface area contributed by atoms with Crippen LogP contribution in [0.5, 0.6) is 0 Å². The molecule has 0 aromatic carbocycles. The van der Waals surface area contributed by atoms with Crippen LogP contribution >= 0.6 is 0 Å². The lowest BCUT2D eigenvalue weighted by Gasteiger charge is -2.44. The van der Waals surface area contributed by atoms with Gasteiger partial charge in [-0.1, -0.05) is 13.3 Å². The van der Waals surface area contributed by atoms with Crippen LogP contribution in [0.1, 0.15) is 39.5 Å². The van der Waals surface area contributed by atoms with Gasteiger partial charge in [0.15, 0.2) is 9.84 Å². The van der Waals surface area contributed by atoms with E-state index in [-0.39, 0.29) is 10.8 Å². The van der Waals surface area contributed by atoms with E-state index in [0.717, 1.165) is 32.2 Å². The largest absolute Gasteiger partial charge is 0.329 e. The van der Waals surface area contributed by atoms with E-state index in [1.165, 1.54) is 6.26 Å². The predicted octanol–water partition coefficient (Wildman–Crippen LogP) is 1.01. The number of hydrogen-bond donors (Lipinski definition) is 1. The third-order valence-electron chi connectivity index (χ3n) is 4.90. The van der Waals surface area contributed by atoms with Gasteiger partial charge in [-0.25, -0.2) is 8.42 Å². The first-order valence-corrected chi connectivity index (χ1v) is 8.92. The number of rotatable bonds is 3. The van der Waals surface area contributed by atoms with Crippen molar-refractivity contribution in [2.24, 2.45) is 11.7 Å². The maximum atomic E-state index is 12.1. The van der Waals surface area contributed by atoms with E-state index in [2.05, 4.69) is 18.7 Å². The summed E-state index contributed by atoms with van der Waals surface area (Å²) in [6.07, 6.45) is 5.20. The summed E-state index contributed by atoms with van der Waals surface area (Å²) in [6, 6.07) is 0.450. The number of hydrogen-bond acceptors (Lipinski definition) is 4. The molecule has 18 heavy (non-hydrogen) atoms. The van der Waals surface area contributed by atoms with Crippen molar-refractivity contribution in [3.05, 3.63) is 0 Å². The summed E-state index contributed by atoms with van der Waals surface area (Å²) in [5.74, 6) is 0.643. The fraction of sp³-hybridized carbons (Fsp3) is 1.00. The average Bonchev–Trinajstić information content (AvgIpc) is 2.81. The smallest absolute Gasteiger partial charge is 0.152 e. The average molecular weight is 274 g/mol. The fourth-order valence-electron chi connectivity index (χ4n) is 4.24. The molecule has 4 unspecified atom stereocenters. The third kappa shape index (κ3) is 2.21. The molecule has 0 spiro atoms. The highest BCUT2D eigenvalue weighted by Gasteiger charge is 2.53. The molecule has 0 bridgehead atoms. The van der Waals surface area contributed by atoms with Crippen LogP contribution in [-0.4, -0.2) is 49.5 Å². The van der Waals surface area contributed by atoms with E-state index < -0.39 is 9.84 Å². The highest BCUT2D eigenvalue weighted by atomic mass is 32.2. The standard InChI is InChI=1S/C13H26N2O2S/c1-10-7-11(2)15(8-10)13(9-14)6-4-5-12(13)18(3,16)17/h10-12H,4-9,14H2,1-3H3. The van der Waals surface area contributed by atoms with Crippen LogP contribution in [0.2, 0.25) is 0 Å². The van der Waals surface area contributed by atoms with Crippen LogP contribution in [0.15, 0.2) is 0 Å².